The predicted molar refractivity (Wildman–Crippen MR) is 192 cm³/mol. The van der Waals surface area contributed by atoms with Gasteiger partial charge < -0.3 is 34.6 Å². The zero-order chi connectivity index (χ0) is 35.7. The van der Waals surface area contributed by atoms with Crippen LogP contribution >= 0.6 is 0 Å². The lowest BCUT2D eigenvalue weighted by Crippen LogP contribution is -2.51. The van der Waals surface area contributed by atoms with Crippen molar-refractivity contribution >= 4 is 17.9 Å². The zero-order valence-corrected chi connectivity index (χ0v) is 29.8. The van der Waals surface area contributed by atoms with Gasteiger partial charge >= 0.3 is 6.09 Å². The molecule has 3 aliphatic heterocycles. The molecule has 268 valence electrons. The van der Waals surface area contributed by atoms with E-state index in [9.17, 15) is 14.4 Å². The van der Waals surface area contributed by atoms with E-state index in [-0.39, 0.29) is 35.4 Å². The Hall–Kier alpha value is -4.97. The van der Waals surface area contributed by atoms with Crippen LogP contribution in [0.25, 0.3) is 33.6 Å². The first-order valence-electron chi connectivity index (χ1n) is 18.0. The third-order valence-corrected chi connectivity index (χ3v) is 10.9. The number of H-pyrrole nitrogens is 2. The summed E-state index contributed by atoms with van der Waals surface area (Å²) in [5.41, 5.74) is 5.90. The van der Waals surface area contributed by atoms with Gasteiger partial charge in [0.1, 0.15) is 17.7 Å². The molecule has 3 amide bonds. The molecule has 2 aromatic carbocycles. The fraction of sp³-hybridized carbons (Fsp3) is 0.462. The Bertz CT molecular complexity index is 1860. The van der Waals surface area contributed by atoms with Gasteiger partial charge in [0.2, 0.25) is 11.8 Å². The van der Waals surface area contributed by atoms with Crippen LogP contribution < -0.4 is 5.32 Å². The summed E-state index contributed by atoms with van der Waals surface area (Å²) in [7, 11) is 1.30. The van der Waals surface area contributed by atoms with Gasteiger partial charge in [0, 0.05) is 32.2 Å². The van der Waals surface area contributed by atoms with Crippen LogP contribution in [-0.4, -0.2) is 86.1 Å². The fourth-order valence-electron chi connectivity index (χ4n) is 8.22. The van der Waals surface area contributed by atoms with E-state index in [1.54, 1.807) is 6.92 Å². The average Bonchev–Trinajstić information content (AvgIpc) is 3.97. The fourth-order valence-corrected chi connectivity index (χ4v) is 8.22. The van der Waals surface area contributed by atoms with E-state index in [0.717, 1.165) is 83.8 Å². The van der Waals surface area contributed by atoms with E-state index in [2.05, 4.69) is 73.7 Å². The van der Waals surface area contributed by atoms with Gasteiger partial charge in [0.25, 0.3) is 0 Å². The van der Waals surface area contributed by atoms with E-state index < -0.39 is 12.1 Å². The highest BCUT2D eigenvalue weighted by Gasteiger charge is 2.49. The number of likely N-dealkylation sites (tertiary alicyclic amines) is 2. The summed E-state index contributed by atoms with van der Waals surface area (Å²) in [6, 6.07) is 15.8. The second-order valence-electron chi connectivity index (χ2n) is 14.3. The number of alkyl carbamates (subject to hydrolysis) is 1. The number of ether oxygens (including phenoxy) is 2. The van der Waals surface area contributed by atoms with Crippen LogP contribution in [0.2, 0.25) is 0 Å². The Balaban J connectivity index is 1.02. The van der Waals surface area contributed by atoms with E-state index in [1.165, 1.54) is 7.11 Å². The van der Waals surface area contributed by atoms with E-state index in [1.807, 2.05) is 31.1 Å². The van der Waals surface area contributed by atoms with Crippen molar-refractivity contribution < 1.29 is 23.9 Å². The van der Waals surface area contributed by atoms with Gasteiger partial charge in [-0.05, 0) is 66.7 Å². The van der Waals surface area contributed by atoms with Crippen LogP contribution in [-0.2, 0) is 19.1 Å². The first kappa shape index (κ1) is 34.5. The van der Waals surface area contributed by atoms with Gasteiger partial charge in [-0.3, -0.25) is 9.59 Å². The van der Waals surface area contributed by atoms with Crippen molar-refractivity contribution in [1.82, 2.24) is 35.1 Å². The molecule has 12 nitrogen and oxygen atoms in total. The molecule has 0 aliphatic carbocycles. The maximum atomic E-state index is 13.5. The Morgan fingerprint density at radius 1 is 0.843 bits per heavy atom. The van der Waals surface area contributed by atoms with Crippen molar-refractivity contribution in [2.75, 3.05) is 26.9 Å². The summed E-state index contributed by atoms with van der Waals surface area (Å²) >= 11 is 0. The zero-order valence-electron chi connectivity index (χ0n) is 29.8. The van der Waals surface area contributed by atoms with E-state index in [4.69, 9.17) is 14.5 Å². The van der Waals surface area contributed by atoms with Crippen molar-refractivity contribution in [3.63, 3.8) is 0 Å². The number of hydrogen-bond acceptors (Lipinski definition) is 7. The Kier molecular flexibility index (Phi) is 9.69. The number of aromatic nitrogens is 4. The van der Waals surface area contributed by atoms with Gasteiger partial charge in [-0.2, -0.15) is 0 Å². The number of carbonyl (C=O) groups excluding carboxylic acids is 3. The van der Waals surface area contributed by atoms with Crippen LogP contribution in [0.3, 0.4) is 0 Å². The molecule has 3 saturated heterocycles. The highest BCUT2D eigenvalue weighted by molar-refractivity contribution is 5.86. The first-order valence-corrected chi connectivity index (χ1v) is 18.0. The minimum Gasteiger partial charge on any atom is -0.453 e. The Morgan fingerprint density at radius 3 is 1.92 bits per heavy atom. The largest absolute Gasteiger partial charge is 0.453 e. The molecule has 0 radical (unpaired) electrons. The summed E-state index contributed by atoms with van der Waals surface area (Å²) in [6.07, 6.45) is 8.35. The number of methoxy groups -OCH3 is 1. The van der Waals surface area contributed by atoms with Crippen molar-refractivity contribution in [2.24, 2.45) is 5.92 Å². The maximum Gasteiger partial charge on any atom is 0.407 e. The molecule has 3 N–H and O–H groups in total. The maximum absolute atomic E-state index is 13.5. The van der Waals surface area contributed by atoms with Crippen LogP contribution in [0.15, 0.2) is 60.9 Å². The molecule has 0 bridgehead atoms. The number of amides is 3. The summed E-state index contributed by atoms with van der Waals surface area (Å²) in [6.45, 7) is 7.48. The van der Waals surface area contributed by atoms with Gasteiger partial charge in [-0.15, -0.1) is 0 Å². The Morgan fingerprint density at radius 2 is 1.39 bits per heavy atom. The number of carbonyl (C=O) groups is 3. The quantitative estimate of drug-likeness (QED) is 0.193. The molecule has 3 fully saturated rings. The molecule has 5 heterocycles. The number of benzene rings is 2. The number of nitrogens with zero attached hydrogens (tertiary/aromatic N) is 4. The van der Waals surface area contributed by atoms with Crippen molar-refractivity contribution in [1.29, 1.82) is 0 Å². The molecule has 12 heteroatoms. The number of aromatic amines is 2. The minimum atomic E-state index is -0.674. The SMILES string of the molecule is COC(=O)N[C@H](C(=O)N1CCC[C@H]1c1ncc(-c2ccc(-c3ccc(-c4cnc([C@H]5CCC6(CCOCC6)N5C(C)=O)[nH]4)cc3)cc2)[nH]1)C(C)C. The topological polar surface area (TPSA) is 146 Å². The molecule has 1 spiro atoms. The Labute approximate surface area is 298 Å². The standard InChI is InChI=1S/C39H47N7O5/c1-24(2)34(44-38(49)50-4)37(48)45-19-5-6-32(45)35-40-22-30(42-35)28-11-7-26(8-12-28)27-9-13-29(14-10-27)31-23-41-36(43-31)33-15-16-39(46(33)25(3)47)17-20-51-21-18-39/h7-14,22-24,32-34H,5-6,15-21H2,1-4H3,(H,40,42)(H,41,43)(H,44,49)/t32-,33+,34-/m0/s1. The third-order valence-electron chi connectivity index (χ3n) is 10.9. The smallest absolute Gasteiger partial charge is 0.407 e. The van der Waals surface area contributed by atoms with Crippen LogP contribution in [0.5, 0.6) is 0 Å². The molecule has 0 saturated carbocycles. The van der Waals surface area contributed by atoms with Crippen molar-refractivity contribution in [3.8, 4) is 33.6 Å². The molecule has 51 heavy (non-hydrogen) atoms. The van der Waals surface area contributed by atoms with Gasteiger partial charge in [0.15, 0.2) is 0 Å². The molecular weight excluding hydrogens is 646 g/mol. The highest BCUT2D eigenvalue weighted by Crippen LogP contribution is 2.47. The number of imidazole rings is 2. The average molecular weight is 694 g/mol. The van der Waals surface area contributed by atoms with Crippen LogP contribution in [0, 0.1) is 5.92 Å². The van der Waals surface area contributed by atoms with E-state index in [0.29, 0.717) is 19.8 Å². The molecule has 4 aromatic rings. The monoisotopic (exact) mass is 693 g/mol. The third kappa shape index (κ3) is 6.76. The normalized spacial score (nSPS) is 20.6. The first-order chi connectivity index (χ1) is 24.7. The lowest BCUT2D eigenvalue weighted by molar-refractivity contribution is -0.139. The second kappa shape index (κ2) is 14.3. The molecular formula is C39H47N7O5. The van der Waals surface area contributed by atoms with Gasteiger partial charge in [0.05, 0.1) is 43.0 Å². The highest BCUT2D eigenvalue weighted by atomic mass is 16.5. The summed E-state index contributed by atoms with van der Waals surface area (Å²) in [5, 5.41) is 2.70. The van der Waals surface area contributed by atoms with Crippen LogP contribution in [0.4, 0.5) is 4.79 Å². The number of rotatable bonds is 8. The van der Waals surface area contributed by atoms with Crippen molar-refractivity contribution in [2.45, 2.75) is 83.0 Å². The lowest BCUT2D eigenvalue weighted by Gasteiger charge is -2.42. The van der Waals surface area contributed by atoms with Gasteiger partial charge in [-0.25, -0.2) is 14.8 Å². The molecule has 3 atom stereocenters. The number of hydrogen-bond donors (Lipinski definition) is 3. The second-order valence-corrected chi connectivity index (χ2v) is 14.3. The minimum absolute atomic E-state index is 0.0507. The van der Waals surface area contributed by atoms with E-state index >= 15 is 0 Å². The summed E-state index contributed by atoms with van der Waals surface area (Å²) in [5.74, 6) is 1.46. The van der Waals surface area contributed by atoms with Crippen LogP contribution in [0.1, 0.15) is 83.0 Å². The molecule has 2 aromatic heterocycles. The lowest BCUT2D eigenvalue weighted by atomic mass is 9.87. The summed E-state index contributed by atoms with van der Waals surface area (Å²) in [4.78, 5) is 58.5. The molecule has 0 unspecified atom stereocenters. The van der Waals surface area contributed by atoms with Crippen molar-refractivity contribution in [3.05, 3.63) is 72.6 Å². The summed E-state index contributed by atoms with van der Waals surface area (Å²) < 4.78 is 10.4. The van der Waals surface area contributed by atoms with Gasteiger partial charge in [-0.1, -0.05) is 62.4 Å². The molecule has 7 rings (SSSR count). The predicted octanol–water partition coefficient (Wildman–Crippen LogP) is 6.41. The number of nitrogens with one attached hydrogen (secondary N) is 3. The molecule has 3 aliphatic rings.